The highest BCUT2D eigenvalue weighted by Crippen LogP contribution is 2.35. The van der Waals surface area contributed by atoms with Crippen molar-refractivity contribution < 1.29 is 4.74 Å². The van der Waals surface area contributed by atoms with Gasteiger partial charge in [0.1, 0.15) is 5.75 Å². The van der Waals surface area contributed by atoms with E-state index in [-0.39, 0.29) is 6.04 Å². The van der Waals surface area contributed by atoms with Crippen molar-refractivity contribution in [2.75, 3.05) is 30.8 Å². The second-order valence-corrected chi connectivity index (χ2v) is 7.43. The fraction of sp³-hybridized carbons (Fsp3) is 0.600. The van der Waals surface area contributed by atoms with Crippen LogP contribution in [0.2, 0.25) is 0 Å². The van der Waals surface area contributed by atoms with Gasteiger partial charge in [0.05, 0.1) is 18.5 Å². The lowest BCUT2D eigenvalue weighted by molar-refractivity contribution is 0.414. The highest BCUT2D eigenvalue weighted by Gasteiger charge is 2.16. The number of aliphatic imine (C=N–C) groups is 2. The predicted octanol–water partition coefficient (Wildman–Crippen LogP) is 2.26. The van der Waals surface area contributed by atoms with Crippen LogP contribution in [0.1, 0.15) is 45.6 Å². The van der Waals surface area contributed by atoms with E-state index in [4.69, 9.17) is 16.2 Å². The summed E-state index contributed by atoms with van der Waals surface area (Å²) in [5.74, 6) is 1.48. The molecule has 8 nitrogen and oxygen atoms in total. The van der Waals surface area contributed by atoms with Crippen molar-refractivity contribution in [3.05, 3.63) is 17.7 Å². The topological polar surface area (TPSA) is 122 Å². The van der Waals surface area contributed by atoms with Crippen molar-refractivity contribution in [3.63, 3.8) is 0 Å². The first-order valence-corrected chi connectivity index (χ1v) is 10.0. The smallest absolute Gasteiger partial charge is 0.195 e. The van der Waals surface area contributed by atoms with Crippen LogP contribution in [0.3, 0.4) is 0 Å². The molecule has 0 spiro atoms. The third kappa shape index (κ3) is 6.83. The molecule has 1 aromatic rings. The van der Waals surface area contributed by atoms with Crippen LogP contribution in [0, 0.1) is 0 Å². The maximum Gasteiger partial charge on any atom is 0.195 e. The van der Waals surface area contributed by atoms with E-state index in [1.807, 2.05) is 13.8 Å². The number of methoxy groups -OCH3 is 1. The minimum Gasteiger partial charge on any atom is -0.497 e. The van der Waals surface area contributed by atoms with E-state index < -0.39 is 0 Å². The van der Waals surface area contributed by atoms with Gasteiger partial charge in [-0.25, -0.2) is 0 Å². The zero-order chi connectivity index (χ0) is 20.5. The van der Waals surface area contributed by atoms with Gasteiger partial charge >= 0.3 is 0 Å². The summed E-state index contributed by atoms with van der Waals surface area (Å²) >= 11 is 0. The molecule has 1 heterocycles. The average Bonchev–Trinajstić information content (AvgIpc) is 2.64. The number of benzene rings is 1. The molecule has 0 aliphatic carbocycles. The van der Waals surface area contributed by atoms with Gasteiger partial charge in [-0.15, -0.1) is 0 Å². The van der Waals surface area contributed by atoms with Gasteiger partial charge < -0.3 is 26.8 Å². The van der Waals surface area contributed by atoms with Crippen molar-refractivity contribution in [2.45, 2.75) is 58.5 Å². The Kier molecular flexibility index (Phi) is 8.22. The number of rotatable bonds is 8. The first kappa shape index (κ1) is 21.7. The molecule has 28 heavy (non-hydrogen) atoms. The molecule has 1 aliphatic heterocycles. The molecule has 0 aromatic heterocycles. The van der Waals surface area contributed by atoms with Crippen LogP contribution in [-0.2, 0) is 6.42 Å². The third-order valence-electron chi connectivity index (χ3n) is 4.49. The third-order valence-corrected chi connectivity index (χ3v) is 4.49. The standard InChI is InChI=1S/C20H35N7O/c1-13(2)25-20(22)27-19(21)24-10-5-7-14(3)26-17-12-16(28-4)11-15-8-6-9-23-18(15)17/h11-14,23,26H,5-10H2,1-4H3,(H5,21,22,24,25,27). The van der Waals surface area contributed by atoms with Gasteiger partial charge in [-0.1, -0.05) is 0 Å². The molecule has 1 unspecified atom stereocenters. The maximum absolute atomic E-state index is 5.84. The van der Waals surface area contributed by atoms with Crippen LogP contribution in [0.4, 0.5) is 11.4 Å². The monoisotopic (exact) mass is 389 g/mol. The molecule has 7 N–H and O–H groups in total. The molecular formula is C20H35N7O. The molecule has 1 aliphatic rings. The number of hydrogen-bond donors (Lipinski definition) is 5. The van der Waals surface area contributed by atoms with E-state index in [0.717, 1.165) is 43.7 Å². The van der Waals surface area contributed by atoms with Crippen LogP contribution in [0.15, 0.2) is 22.1 Å². The molecule has 0 saturated heterocycles. The summed E-state index contributed by atoms with van der Waals surface area (Å²) in [4.78, 5) is 8.48. The van der Waals surface area contributed by atoms with Gasteiger partial charge in [0.25, 0.3) is 0 Å². The largest absolute Gasteiger partial charge is 0.497 e. The average molecular weight is 390 g/mol. The van der Waals surface area contributed by atoms with E-state index in [0.29, 0.717) is 24.5 Å². The number of aryl methyl sites for hydroxylation is 1. The molecule has 0 amide bonds. The maximum atomic E-state index is 5.84. The molecule has 2 rings (SSSR count). The Morgan fingerprint density at radius 3 is 2.75 bits per heavy atom. The minimum absolute atomic E-state index is 0.115. The fourth-order valence-corrected chi connectivity index (χ4v) is 3.22. The van der Waals surface area contributed by atoms with Gasteiger partial charge in [0, 0.05) is 31.2 Å². The van der Waals surface area contributed by atoms with Crippen LogP contribution in [0.5, 0.6) is 5.75 Å². The molecule has 0 bridgehead atoms. The fourth-order valence-electron chi connectivity index (χ4n) is 3.22. The second kappa shape index (κ2) is 10.6. The summed E-state index contributed by atoms with van der Waals surface area (Å²) < 4.78 is 5.46. The van der Waals surface area contributed by atoms with Gasteiger partial charge in [-0.2, -0.15) is 0 Å². The second-order valence-electron chi connectivity index (χ2n) is 7.43. The number of anilines is 2. The molecule has 0 saturated carbocycles. The number of nitrogens with one attached hydrogen (secondary N) is 3. The zero-order valence-corrected chi connectivity index (χ0v) is 17.5. The number of fused-ring (bicyclic) bond motifs is 1. The Balaban J connectivity index is 1.84. The number of ether oxygens (including phenoxy) is 1. The van der Waals surface area contributed by atoms with Crippen molar-refractivity contribution in [2.24, 2.45) is 21.5 Å². The van der Waals surface area contributed by atoms with E-state index in [1.54, 1.807) is 7.11 Å². The lowest BCUT2D eigenvalue weighted by atomic mass is 10.0. The van der Waals surface area contributed by atoms with Crippen molar-refractivity contribution >= 4 is 23.3 Å². The summed E-state index contributed by atoms with van der Waals surface area (Å²) in [7, 11) is 1.71. The molecule has 156 valence electrons. The summed E-state index contributed by atoms with van der Waals surface area (Å²) in [6.07, 6.45) is 4.11. The number of hydrogen-bond acceptors (Lipinski definition) is 5. The van der Waals surface area contributed by atoms with Crippen LogP contribution < -0.4 is 32.2 Å². The first-order chi connectivity index (χ1) is 13.4. The zero-order valence-electron chi connectivity index (χ0n) is 17.5. The van der Waals surface area contributed by atoms with Crippen molar-refractivity contribution in [1.29, 1.82) is 0 Å². The summed E-state index contributed by atoms with van der Waals surface area (Å²) in [5.41, 5.74) is 15.2. The number of nitrogens with two attached hydrogens (primary N) is 2. The molecule has 1 aromatic carbocycles. The lowest BCUT2D eigenvalue weighted by Gasteiger charge is -2.25. The van der Waals surface area contributed by atoms with Crippen molar-refractivity contribution in [3.8, 4) is 5.75 Å². The van der Waals surface area contributed by atoms with Crippen LogP contribution in [-0.4, -0.2) is 44.2 Å². The Bertz CT molecular complexity index is 700. The van der Waals surface area contributed by atoms with Crippen LogP contribution >= 0.6 is 0 Å². The van der Waals surface area contributed by atoms with E-state index in [2.05, 4.69) is 45.0 Å². The van der Waals surface area contributed by atoms with Gasteiger partial charge in [0.15, 0.2) is 11.9 Å². The Hall–Kier alpha value is -2.64. The van der Waals surface area contributed by atoms with Crippen molar-refractivity contribution in [1.82, 2.24) is 5.32 Å². The highest BCUT2D eigenvalue weighted by molar-refractivity contribution is 5.97. The summed E-state index contributed by atoms with van der Waals surface area (Å²) in [6.45, 7) is 7.71. The van der Waals surface area contributed by atoms with E-state index in [1.165, 1.54) is 11.3 Å². The van der Waals surface area contributed by atoms with Gasteiger partial charge in [-0.3, -0.25) is 15.3 Å². The number of nitrogens with zero attached hydrogens (tertiary/aromatic N) is 2. The van der Waals surface area contributed by atoms with Gasteiger partial charge in [-0.05, 0) is 58.1 Å². The van der Waals surface area contributed by atoms with E-state index in [9.17, 15) is 0 Å². The molecular weight excluding hydrogens is 354 g/mol. The quantitative estimate of drug-likeness (QED) is 0.264. The summed E-state index contributed by atoms with van der Waals surface area (Å²) in [6, 6.07) is 4.60. The predicted molar refractivity (Wildman–Crippen MR) is 119 cm³/mol. The van der Waals surface area contributed by atoms with Crippen LogP contribution in [0.25, 0.3) is 0 Å². The minimum atomic E-state index is 0.115. The normalized spacial score (nSPS) is 15.6. The Morgan fingerprint density at radius 2 is 2.04 bits per heavy atom. The SMILES string of the molecule is COc1cc2c(c(NC(C)CCCN=C(N)NC(N)=NC(C)C)c1)NCCC2. The van der Waals surface area contributed by atoms with E-state index >= 15 is 0 Å². The van der Waals surface area contributed by atoms with Gasteiger partial charge in [0.2, 0.25) is 0 Å². The first-order valence-electron chi connectivity index (χ1n) is 10.0. The Morgan fingerprint density at radius 1 is 1.25 bits per heavy atom. The highest BCUT2D eigenvalue weighted by atomic mass is 16.5. The lowest BCUT2D eigenvalue weighted by Crippen LogP contribution is -2.42. The molecule has 8 heteroatoms. The molecule has 0 radical (unpaired) electrons. The molecule has 1 atom stereocenters. The summed E-state index contributed by atoms with van der Waals surface area (Å²) in [5, 5.41) is 9.93. The Labute approximate surface area is 168 Å². The number of guanidine groups is 2. The molecule has 0 fully saturated rings.